The minimum atomic E-state index is -0.328. The van der Waals surface area contributed by atoms with Crippen LogP contribution in [0.4, 0.5) is 10.1 Å². The van der Waals surface area contributed by atoms with Crippen LogP contribution in [0.3, 0.4) is 0 Å². The molecule has 0 bridgehead atoms. The van der Waals surface area contributed by atoms with Gasteiger partial charge < -0.3 is 10.6 Å². The van der Waals surface area contributed by atoms with Crippen molar-refractivity contribution in [2.24, 2.45) is 11.8 Å². The van der Waals surface area contributed by atoms with E-state index < -0.39 is 0 Å². The molecule has 0 saturated carbocycles. The van der Waals surface area contributed by atoms with Crippen LogP contribution in [0.5, 0.6) is 0 Å². The van der Waals surface area contributed by atoms with Crippen molar-refractivity contribution in [2.45, 2.75) is 26.2 Å². The zero-order chi connectivity index (χ0) is 14.5. The Morgan fingerprint density at radius 1 is 1.48 bits per heavy atom. The van der Waals surface area contributed by atoms with Crippen LogP contribution in [0.25, 0.3) is 0 Å². The van der Waals surface area contributed by atoms with Gasteiger partial charge in [0.15, 0.2) is 0 Å². The quantitative estimate of drug-likeness (QED) is 0.831. The third kappa shape index (κ3) is 5.57. The maximum absolute atomic E-state index is 13.1. The van der Waals surface area contributed by atoms with Crippen molar-refractivity contribution < 1.29 is 9.18 Å². The Morgan fingerprint density at radius 3 is 2.76 bits per heavy atom. The molecular weight excluding hydrogens is 359 g/mol. The predicted molar refractivity (Wildman–Crippen MR) is 89.4 cm³/mol. The van der Waals surface area contributed by atoms with Gasteiger partial charge in [-0.05, 0) is 71.9 Å². The minimum absolute atomic E-state index is 0. The first kappa shape index (κ1) is 18.4. The number of anilines is 1. The third-order valence-electron chi connectivity index (χ3n) is 3.90. The maximum atomic E-state index is 13.1. The van der Waals surface area contributed by atoms with Gasteiger partial charge in [0.05, 0.1) is 4.47 Å². The number of hydrogen-bond acceptors (Lipinski definition) is 2. The van der Waals surface area contributed by atoms with Crippen molar-refractivity contribution >= 4 is 39.9 Å². The number of carbonyl (C=O) groups is 1. The first-order valence-corrected chi connectivity index (χ1v) is 7.81. The van der Waals surface area contributed by atoms with E-state index in [1.165, 1.54) is 6.07 Å². The topological polar surface area (TPSA) is 41.1 Å². The number of rotatable bonds is 4. The molecule has 21 heavy (non-hydrogen) atoms. The van der Waals surface area contributed by atoms with Gasteiger partial charge in [-0.1, -0.05) is 6.92 Å². The number of piperidine rings is 1. The standard InChI is InChI=1S/C15H20BrFN2O.ClH/c1-10(11-4-6-18-7-5-11)8-15(20)19-12-2-3-14(17)13(16)9-12;/h2-3,9-11,18H,4-8H2,1H3,(H,19,20);1H. The molecule has 0 spiro atoms. The number of carbonyl (C=O) groups excluding carboxylic acids is 1. The van der Waals surface area contributed by atoms with E-state index >= 15 is 0 Å². The number of nitrogens with one attached hydrogen (secondary N) is 2. The van der Waals surface area contributed by atoms with E-state index in [-0.39, 0.29) is 24.1 Å². The van der Waals surface area contributed by atoms with Crippen LogP contribution < -0.4 is 10.6 Å². The molecule has 1 heterocycles. The van der Waals surface area contributed by atoms with E-state index in [9.17, 15) is 9.18 Å². The van der Waals surface area contributed by atoms with Gasteiger partial charge in [0.25, 0.3) is 0 Å². The van der Waals surface area contributed by atoms with Crippen LogP contribution >= 0.6 is 28.3 Å². The smallest absolute Gasteiger partial charge is 0.224 e. The Morgan fingerprint density at radius 2 is 2.14 bits per heavy atom. The van der Waals surface area contributed by atoms with E-state index in [0.717, 1.165) is 25.9 Å². The molecule has 0 radical (unpaired) electrons. The molecule has 2 N–H and O–H groups in total. The molecular formula is C15H21BrClFN2O. The fraction of sp³-hybridized carbons (Fsp3) is 0.533. The molecule has 6 heteroatoms. The molecule has 0 aliphatic carbocycles. The highest BCUT2D eigenvalue weighted by molar-refractivity contribution is 9.10. The molecule has 0 aromatic heterocycles. The lowest BCUT2D eigenvalue weighted by Crippen LogP contribution is -2.32. The Balaban J connectivity index is 0.00000220. The lowest BCUT2D eigenvalue weighted by Gasteiger charge is -2.27. The second-order valence-electron chi connectivity index (χ2n) is 5.45. The minimum Gasteiger partial charge on any atom is -0.326 e. The summed E-state index contributed by atoms with van der Waals surface area (Å²) >= 11 is 3.12. The number of benzene rings is 1. The normalized spacial score (nSPS) is 16.9. The van der Waals surface area contributed by atoms with Crippen LogP contribution in [-0.4, -0.2) is 19.0 Å². The highest BCUT2D eigenvalue weighted by Gasteiger charge is 2.22. The second-order valence-corrected chi connectivity index (χ2v) is 6.30. The maximum Gasteiger partial charge on any atom is 0.224 e. The molecule has 3 nitrogen and oxygen atoms in total. The summed E-state index contributed by atoms with van der Waals surface area (Å²) in [6.07, 6.45) is 2.78. The largest absolute Gasteiger partial charge is 0.326 e. The monoisotopic (exact) mass is 378 g/mol. The predicted octanol–water partition coefficient (Wildman–Crippen LogP) is 3.97. The van der Waals surface area contributed by atoms with Crippen molar-refractivity contribution in [3.8, 4) is 0 Å². The first-order valence-electron chi connectivity index (χ1n) is 7.02. The van der Waals surface area contributed by atoms with E-state index in [4.69, 9.17) is 0 Å². The molecule has 1 aromatic carbocycles. The van der Waals surface area contributed by atoms with Crippen molar-refractivity contribution in [1.29, 1.82) is 0 Å². The van der Waals surface area contributed by atoms with E-state index in [1.54, 1.807) is 12.1 Å². The molecule has 118 valence electrons. The number of halogens is 3. The van der Waals surface area contributed by atoms with Crippen LogP contribution in [-0.2, 0) is 4.79 Å². The molecule has 1 saturated heterocycles. The van der Waals surface area contributed by atoms with Crippen molar-refractivity contribution in [3.05, 3.63) is 28.5 Å². The van der Waals surface area contributed by atoms with Gasteiger partial charge in [0.2, 0.25) is 5.91 Å². The summed E-state index contributed by atoms with van der Waals surface area (Å²) in [5.41, 5.74) is 0.626. The summed E-state index contributed by atoms with van der Waals surface area (Å²) in [7, 11) is 0. The molecule has 1 amide bonds. The molecule has 1 atom stereocenters. The summed E-state index contributed by atoms with van der Waals surface area (Å²) in [6, 6.07) is 4.51. The summed E-state index contributed by atoms with van der Waals surface area (Å²) in [6.45, 7) is 4.22. The van der Waals surface area contributed by atoms with Crippen molar-refractivity contribution in [1.82, 2.24) is 5.32 Å². The van der Waals surface area contributed by atoms with E-state index in [2.05, 4.69) is 33.5 Å². The fourth-order valence-corrected chi connectivity index (χ4v) is 3.04. The Bertz CT molecular complexity index is 481. The van der Waals surface area contributed by atoms with E-state index in [1.807, 2.05) is 0 Å². The van der Waals surface area contributed by atoms with Crippen molar-refractivity contribution in [2.75, 3.05) is 18.4 Å². The van der Waals surface area contributed by atoms with Gasteiger partial charge >= 0.3 is 0 Å². The number of hydrogen-bond donors (Lipinski definition) is 2. The highest BCUT2D eigenvalue weighted by Crippen LogP contribution is 2.25. The third-order valence-corrected chi connectivity index (χ3v) is 4.51. The van der Waals surface area contributed by atoms with Gasteiger partial charge in [-0.15, -0.1) is 12.4 Å². The molecule has 1 unspecified atom stereocenters. The Hall–Kier alpha value is -0.650. The summed E-state index contributed by atoms with van der Waals surface area (Å²) in [5.74, 6) is 0.656. The lowest BCUT2D eigenvalue weighted by molar-refractivity contribution is -0.117. The number of amides is 1. The molecule has 1 aromatic rings. The van der Waals surface area contributed by atoms with Crippen LogP contribution in [0, 0.1) is 17.7 Å². The van der Waals surface area contributed by atoms with Crippen LogP contribution in [0.15, 0.2) is 22.7 Å². The molecule has 1 fully saturated rings. The molecule has 1 aliphatic rings. The van der Waals surface area contributed by atoms with E-state index in [0.29, 0.717) is 28.4 Å². The average Bonchev–Trinajstić information content (AvgIpc) is 2.44. The van der Waals surface area contributed by atoms with Crippen molar-refractivity contribution in [3.63, 3.8) is 0 Å². The first-order chi connectivity index (χ1) is 9.56. The van der Waals surface area contributed by atoms with Gasteiger partial charge in [-0.3, -0.25) is 4.79 Å². The fourth-order valence-electron chi connectivity index (χ4n) is 2.66. The SMILES string of the molecule is CC(CC(=O)Nc1ccc(F)c(Br)c1)C1CCNCC1.Cl. The van der Waals surface area contributed by atoms with Crippen LogP contribution in [0.1, 0.15) is 26.2 Å². The zero-order valence-corrected chi connectivity index (χ0v) is 14.4. The second kappa shape index (κ2) is 8.71. The highest BCUT2D eigenvalue weighted by atomic mass is 79.9. The Kier molecular flexibility index (Phi) is 7.63. The van der Waals surface area contributed by atoms with Gasteiger partial charge in [0, 0.05) is 12.1 Å². The lowest BCUT2D eigenvalue weighted by atomic mass is 9.84. The summed E-state index contributed by atoms with van der Waals surface area (Å²) in [5, 5.41) is 6.16. The van der Waals surface area contributed by atoms with Gasteiger partial charge in [0.1, 0.15) is 5.82 Å². The van der Waals surface area contributed by atoms with Gasteiger partial charge in [-0.2, -0.15) is 0 Å². The Labute approximate surface area is 139 Å². The molecule has 1 aliphatic heterocycles. The average molecular weight is 380 g/mol. The van der Waals surface area contributed by atoms with Crippen LogP contribution in [0.2, 0.25) is 0 Å². The van der Waals surface area contributed by atoms with Gasteiger partial charge in [-0.25, -0.2) is 4.39 Å². The molecule has 2 rings (SSSR count). The summed E-state index contributed by atoms with van der Waals surface area (Å²) < 4.78 is 13.5. The zero-order valence-electron chi connectivity index (χ0n) is 12.0. The summed E-state index contributed by atoms with van der Waals surface area (Å²) in [4.78, 5) is 12.0.